The molecule has 0 aromatic heterocycles. The van der Waals surface area contributed by atoms with E-state index in [2.05, 4.69) is 24.1 Å². The average molecular weight is 570 g/mol. The average Bonchev–Trinajstić information content (AvgIpc) is 2.90. The molecule has 0 aliphatic rings. The molecule has 0 saturated heterocycles. The fraction of sp³-hybridized carbons (Fsp3) is 0.800. The molecule has 4 N–H and O–H groups in total. The van der Waals surface area contributed by atoms with E-state index in [9.17, 15) is 19.2 Å². The molecule has 0 bridgehead atoms. The number of nitrogens with one attached hydrogen (secondary N) is 2. The molecule has 0 saturated carbocycles. The molecular formula is C30H55N3O5S. The van der Waals surface area contributed by atoms with E-state index in [1.165, 1.54) is 70.3 Å². The maximum atomic E-state index is 12.7. The summed E-state index contributed by atoms with van der Waals surface area (Å²) in [7, 11) is 0. The third-order valence-corrected chi connectivity index (χ3v) is 7.39. The Morgan fingerprint density at radius 2 is 1.41 bits per heavy atom. The molecule has 226 valence electrons. The van der Waals surface area contributed by atoms with E-state index < -0.39 is 29.9 Å². The maximum Gasteiger partial charge on any atom is 0.325 e. The Labute approximate surface area is 241 Å². The first-order valence-corrected chi connectivity index (χ1v) is 16.0. The predicted octanol–water partition coefficient (Wildman–Crippen LogP) is 5.43. The van der Waals surface area contributed by atoms with E-state index in [-0.39, 0.29) is 29.9 Å². The van der Waals surface area contributed by atoms with Crippen molar-refractivity contribution in [2.45, 2.75) is 129 Å². The van der Waals surface area contributed by atoms with Gasteiger partial charge in [0.05, 0.1) is 6.04 Å². The van der Waals surface area contributed by atoms with Crippen molar-refractivity contribution in [3.05, 3.63) is 12.7 Å². The Kier molecular flexibility index (Phi) is 23.9. The van der Waals surface area contributed by atoms with Crippen LogP contribution >= 0.6 is 11.8 Å². The quantitative estimate of drug-likeness (QED) is 0.0760. The molecule has 9 heteroatoms. The molecule has 0 aliphatic heterocycles. The second-order valence-corrected chi connectivity index (χ2v) is 11.7. The molecule has 0 radical (unpaired) electrons. The smallest absolute Gasteiger partial charge is 0.325 e. The number of rotatable bonds is 25. The number of nitrogens with two attached hydrogens (primary N) is 1. The second-order valence-electron chi connectivity index (χ2n) is 10.7. The topological polar surface area (TPSA) is 128 Å². The van der Waals surface area contributed by atoms with Crippen LogP contribution in [0.1, 0.15) is 117 Å². The summed E-state index contributed by atoms with van der Waals surface area (Å²) >= 11 is 1.03. The lowest BCUT2D eigenvalue weighted by Gasteiger charge is -2.21. The van der Waals surface area contributed by atoms with E-state index in [1.54, 1.807) is 0 Å². The van der Waals surface area contributed by atoms with Crippen LogP contribution in [0, 0.1) is 5.92 Å². The van der Waals surface area contributed by atoms with Crippen LogP contribution in [0.2, 0.25) is 0 Å². The number of hydrogen-bond acceptors (Lipinski definition) is 7. The van der Waals surface area contributed by atoms with Crippen LogP contribution in [0.3, 0.4) is 0 Å². The Morgan fingerprint density at radius 1 is 0.872 bits per heavy atom. The third-order valence-electron chi connectivity index (χ3n) is 6.36. The van der Waals surface area contributed by atoms with Gasteiger partial charge in [-0.15, -0.1) is 0 Å². The normalized spacial score (nSPS) is 12.5. The highest BCUT2D eigenvalue weighted by atomic mass is 32.2. The van der Waals surface area contributed by atoms with E-state index in [4.69, 9.17) is 10.5 Å². The minimum Gasteiger partial charge on any atom is -0.460 e. The molecule has 0 aliphatic carbocycles. The fourth-order valence-electron chi connectivity index (χ4n) is 4.10. The van der Waals surface area contributed by atoms with Crippen LogP contribution in [-0.4, -0.2) is 53.9 Å². The molecule has 39 heavy (non-hydrogen) atoms. The first-order valence-electron chi connectivity index (χ1n) is 15.0. The standard InChI is InChI=1S/C30H55N3O5S/c1-5-7-8-9-10-11-12-13-14-15-16-17-18-19-28(35)39-23-26(33-29(36)25(31)21-24(3)4)30(37)32-22-27(34)38-20-6-2/h6,24-26H,2,5,7-23,31H2,1,3-4H3,(H,32,37)(H,33,36)/t25-,26-/m0/s1. The lowest BCUT2D eigenvalue weighted by molar-refractivity contribution is -0.143. The molecule has 2 amide bonds. The molecule has 0 aromatic rings. The lowest BCUT2D eigenvalue weighted by atomic mass is 10.0. The highest BCUT2D eigenvalue weighted by Gasteiger charge is 2.25. The second kappa shape index (κ2) is 25.1. The Morgan fingerprint density at radius 3 is 1.92 bits per heavy atom. The van der Waals surface area contributed by atoms with Crippen LogP contribution in [0.4, 0.5) is 0 Å². The van der Waals surface area contributed by atoms with Gasteiger partial charge in [-0.1, -0.05) is 122 Å². The number of esters is 1. The number of amides is 2. The van der Waals surface area contributed by atoms with E-state index in [0.717, 1.165) is 31.0 Å². The van der Waals surface area contributed by atoms with E-state index in [1.807, 2.05) is 13.8 Å². The van der Waals surface area contributed by atoms with Gasteiger partial charge in [0.15, 0.2) is 5.12 Å². The van der Waals surface area contributed by atoms with Gasteiger partial charge in [0, 0.05) is 12.2 Å². The first kappa shape index (κ1) is 37.1. The van der Waals surface area contributed by atoms with Crippen molar-refractivity contribution in [2.24, 2.45) is 11.7 Å². The SMILES string of the molecule is C=CCOC(=O)CNC(=O)[C@H](CSC(=O)CCCCCCCCCCCCCCC)NC(=O)[C@@H](N)CC(C)C. The Balaban J connectivity index is 4.33. The van der Waals surface area contributed by atoms with Crippen LogP contribution in [-0.2, 0) is 23.9 Å². The largest absolute Gasteiger partial charge is 0.460 e. The fourth-order valence-corrected chi connectivity index (χ4v) is 4.97. The van der Waals surface area contributed by atoms with Gasteiger partial charge >= 0.3 is 5.97 Å². The van der Waals surface area contributed by atoms with Crippen molar-refractivity contribution < 1.29 is 23.9 Å². The monoisotopic (exact) mass is 569 g/mol. The summed E-state index contributed by atoms with van der Waals surface area (Å²) in [5.41, 5.74) is 5.96. The zero-order valence-electron chi connectivity index (χ0n) is 24.8. The number of carbonyl (C=O) groups is 4. The Bertz CT molecular complexity index is 702. The van der Waals surface area contributed by atoms with Gasteiger partial charge in [0.25, 0.3) is 0 Å². The van der Waals surface area contributed by atoms with Crippen LogP contribution < -0.4 is 16.4 Å². The predicted molar refractivity (Wildman–Crippen MR) is 161 cm³/mol. The zero-order valence-corrected chi connectivity index (χ0v) is 25.6. The number of thioether (sulfide) groups is 1. The summed E-state index contributed by atoms with van der Waals surface area (Å²) in [6, 6.07) is -1.74. The highest BCUT2D eigenvalue weighted by Crippen LogP contribution is 2.15. The summed E-state index contributed by atoms with van der Waals surface area (Å²) in [6.07, 6.45) is 18.5. The molecular weight excluding hydrogens is 514 g/mol. The lowest BCUT2D eigenvalue weighted by Crippen LogP contribution is -2.53. The molecule has 0 aromatic carbocycles. The van der Waals surface area contributed by atoms with E-state index in [0.29, 0.717) is 12.8 Å². The van der Waals surface area contributed by atoms with Crippen molar-refractivity contribution in [1.82, 2.24) is 10.6 Å². The van der Waals surface area contributed by atoms with Crippen molar-refractivity contribution in [1.29, 1.82) is 0 Å². The molecule has 0 unspecified atom stereocenters. The van der Waals surface area contributed by atoms with Crippen LogP contribution in [0.15, 0.2) is 12.7 Å². The number of ether oxygens (including phenoxy) is 1. The van der Waals surface area contributed by atoms with Gasteiger partial charge in [-0.2, -0.15) is 0 Å². The number of carbonyl (C=O) groups excluding carboxylic acids is 4. The summed E-state index contributed by atoms with van der Waals surface area (Å²) < 4.78 is 4.86. The molecule has 8 nitrogen and oxygen atoms in total. The number of unbranched alkanes of at least 4 members (excludes halogenated alkanes) is 12. The van der Waals surface area contributed by atoms with Gasteiger partial charge in [-0.25, -0.2) is 0 Å². The van der Waals surface area contributed by atoms with Crippen molar-refractivity contribution in [2.75, 3.05) is 18.9 Å². The number of hydrogen-bond donors (Lipinski definition) is 3. The highest BCUT2D eigenvalue weighted by molar-refractivity contribution is 8.13. The minimum atomic E-state index is -0.983. The summed E-state index contributed by atoms with van der Waals surface area (Å²) in [5, 5.41) is 5.10. The van der Waals surface area contributed by atoms with Crippen LogP contribution in [0.5, 0.6) is 0 Å². The van der Waals surface area contributed by atoms with Crippen LogP contribution in [0.25, 0.3) is 0 Å². The maximum absolute atomic E-state index is 12.7. The third kappa shape index (κ3) is 22.6. The molecule has 2 atom stereocenters. The van der Waals surface area contributed by atoms with Gasteiger partial charge in [0.1, 0.15) is 19.2 Å². The van der Waals surface area contributed by atoms with Crippen molar-refractivity contribution in [3.8, 4) is 0 Å². The molecule has 0 heterocycles. The van der Waals surface area contributed by atoms with Crippen molar-refractivity contribution >= 4 is 34.7 Å². The minimum absolute atomic E-state index is 0.0120. The van der Waals surface area contributed by atoms with Crippen molar-refractivity contribution in [3.63, 3.8) is 0 Å². The molecule has 0 rings (SSSR count). The van der Waals surface area contributed by atoms with Gasteiger partial charge < -0.3 is 21.1 Å². The van der Waals surface area contributed by atoms with Gasteiger partial charge in [-0.05, 0) is 18.8 Å². The van der Waals surface area contributed by atoms with E-state index >= 15 is 0 Å². The first-order chi connectivity index (χ1) is 18.7. The molecule has 0 spiro atoms. The zero-order chi connectivity index (χ0) is 29.3. The van der Waals surface area contributed by atoms with Gasteiger partial charge in [0.2, 0.25) is 11.8 Å². The summed E-state index contributed by atoms with van der Waals surface area (Å²) in [5.74, 6) is -1.34. The van der Waals surface area contributed by atoms with Gasteiger partial charge in [-0.3, -0.25) is 19.2 Å². The molecule has 0 fully saturated rings. The summed E-state index contributed by atoms with van der Waals surface area (Å²) in [6.45, 7) is 9.33. The Hall–Kier alpha value is -1.87. The summed E-state index contributed by atoms with van der Waals surface area (Å²) in [4.78, 5) is 49.3.